The van der Waals surface area contributed by atoms with Gasteiger partial charge in [-0.3, -0.25) is 0 Å². The van der Waals surface area contributed by atoms with Crippen LogP contribution in [0.3, 0.4) is 0 Å². The van der Waals surface area contributed by atoms with Gasteiger partial charge in [0, 0.05) is 12.5 Å². The molecule has 1 atom stereocenters. The predicted octanol–water partition coefficient (Wildman–Crippen LogP) is 2.75. The molecule has 0 spiro atoms. The van der Waals surface area contributed by atoms with Crippen molar-refractivity contribution in [1.29, 1.82) is 0 Å². The largest absolute Gasteiger partial charge is 0.495 e. The maximum Gasteiger partial charge on any atom is 0.137 e. The topological polar surface area (TPSA) is 29.5 Å². The summed E-state index contributed by atoms with van der Waals surface area (Å²) in [6.45, 7) is 4.01. The average molecular weight is 215 g/mol. The van der Waals surface area contributed by atoms with Gasteiger partial charge in [0.25, 0.3) is 0 Å². The summed E-state index contributed by atoms with van der Waals surface area (Å²) >= 11 is 6.15. The van der Waals surface area contributed by atoms with Gasteiger partial charge < -0.3 is 9.84 Å². The first-order valence-corrected chi connectivity index (χ1v) is 4.93. The van der Waals surface area contributed by atoms with Gasteiger partial charge in [-0.15, -0.1) is 0 Å². The van der Waals surface area contributed by atoms with E-state index in [4.69, 9.17) is 21.4 Å². The Hall–Kier alpha value is -0.730. The van der Waals surface area contributed by atoms with Gasteiger partial charge in [-0.1, -0.05) is 24.6 Å². The standard InChI is InChI=1S/C11H15ClO2/c1-7-4-5-9(14-3)11(12)10(7)8(2)6-13/h4-5,8,13H,6H2,1-3H3. The van der Waals surface area contributed by atoms with E-state index in [1.54, 1.807) is 7.11 Å². The maximum atomic E-state index is 9.10. The van der Waals surface area contributed by atoms with Crippen LogP contribution >= 0.6 is 11.6 Å². The Morgan fingerprint density at radius 2 is 2.14 bits per heavy atom. The van der Waals surface area contributed by atoms with Crippen molar-refractivity contribution in [1.82, 2.24) is 0 Å². The lowest BCUT2D eigenvalue weighted by Crippen LogP contribution is -2.03. The van der Waals surface area contributed by atoms with Crippen LogP contribution in [0, 0.1) is 6.92 Å². The van der Waals surface area contributed by atoms with Gasteiger partial charge in [-0.05, 0) is 24.1 Å². The van der Waals surface area contributed by atoms with Gasteiger partial charge in [0.05, 0.1) is 12.1 Å². The van der Waals surface area contributed by atoms with Crippen molar-refractivity contribution >= 4 is 11.6 Å². The molecule has 2 nitrogen and oxygen atoms in total. The highest BCUT2D eigenvalue weighted by molar-refractivity contribution is 6.33. The molecular formula is C11H15ClO2. The maximum absolute atomic E-state index is 9.10. The molecule has 0 fully saturated rings. The molecule has 0 aliphatic carbocycles. The van der Waals surface area contributed by atoms with Crippen molar-refractivity contribution in [3.63, 3.8) is 0 Å². The Bertz CT molecular complexity index is 323. The smallest absolute Gasteiger partial charge is 0.137 e. The second-order valence-corrected chi connectivity index (χ2v) is 3.77. The van der Waals surface area contributed by atoms with Gasteiger partial charge in [0.2, 0.25) is 0 Å². The minimum atomic E-state index is 0.0394. The second-order valence-electron chi connectivity index (χ2n) is 3.40. The average Bonchev–Trinajstić information content (AvgIpc) is 2.18. The molecule has 0 saturated heterocycles. The number of benzene rings is 1. The van der Waals surface area contributed by atoms with Crippen LogP contribution in [0.1, 0.15) is 24.0 Å². The number of aliphatic hydroxyl groups excluding tert-OH is 1. The van der Waals surface area contributed by atoms with Gasteiger partial charge in [-0.25, -0.2) is 0 Å². The van der Waals surface area contributed by atoms with Crippen molar-refractivity contribution in [3.05, 3.63) is 28.3 Å². The number of aliphatic hydroxyl groups is 1. The van der Waals surface area contributed by atoms with Crippen LogP contribution in [0.5, 0.6) is 5.75 Å². The van der Waals surface area contributed by atoms with Crippen molar-refractivity contribution in [2.45, 2.75) is 19.8 Å². The van der Waals surface area contributed by atoms with Crippen LogP contribution in [0.25, 0.3) is 0 Å². The first kappa shape index (κ1) is 11.3. The molecule has 1 unspecified atom stereocenters. The summed E-state index contributed by atoms with van der Waals surface area (Å²) in [5.41, 5.74) is 2.05. The zero-order valence-corrected chi connectivity index (χ0v) is 9.43. The van der Waals surface area contributed by atoms with E-state index in [0.717, 1.165) is 11.1 Å². The van der Waals surface area contributed by atoms with Gasteiger partial charge in [0.1, 0.15) is 5.75 Å². The Kier molecular flexibility index (Phi) is 3.78. The fraction of sp³-hybridized carbons (Fsp3) is 0.455. The normalized spacial score (nSPS) is 12.6. The fourth-order valence-electron chi connectivity index (χ4n) is 1.52. The Morgan fingerprint density at radius 3 is 2.64 bits per heavy atom. The van der Waals surface area contributed by atoms with Crippen LogP contribution < -0.4 is 4.74 Å². The lowest BCUT2D eigenvalue weighted by atomic mass is 9.97. The molecule has 1 rings (SSSR count). The highest BCUT2D eigenvalue weighted by Gasteiger charge is 2.15. The van der Waals surface area contributed by atoms with E-state index in [-0.39, 0.29) is 12.5 Å². The summed E-state index contributed by atoms with van der Waals surface area (Å²) < 4.78 is 5.12. The number of methoxy groups -OCH3 is 1. The molecule has 0 aliphatic rings. The third-order valence-corrected chi connectivity index (χ3v) is 2.74. The van der Waals surface area contributed by atoms with Crippen molar-refractivity contribution < 1.29 is 9.84 Å². The first-order valence-electron chi connectivity index (χ1n) is 4.55. The molecule has 0 radical (unpaired) electrons. The van der Waals surface area contributed by atoms with E-state index >= 15 is 0 Å². The highest BCUT2D eigenvalue weighted by atomic mass is 35.5. The number of ether oxygens (including phenoxy) is 1. The molecule has 78 valence electrons. The van der Waals surface area contributed by atoms with Crippen molar-refractivity contribution in [2.24, 2.45) is 0 Å². The molecule has 0 heterocycles. The Balaban J connectivity index is 3.25. The second kappa shape index (κ2) is 4.67. The molecule has 3 heteroatoms. The lowest BCUT2D eigenvalue weighted by Gasteiger charge is -2.16. The minimum absolute atomic E-state index is 0.0394. The van der Waals surface area contributed by atoms with E-state index < -0.39 is 0 Å². The Morgan fingerprint density at radius 1 is 1.50 bits per heavy atom. The predicted molar refractivity (Wildman–Crippen MR) is 58.2 cm³/mol. The van der Waals surface area contributed by atoms with Gasteiger partial charge in [-0.2, -0.15) is 0 Å². The summed E-state index contributed by atoms with van der Waals surface area (Å²) in [6, 6.07) is 3.79. The fourth-order valence-corrected chi connectivity index (χ4v) is 2.00. The van der Waals surface area contributed by atoms with Crippen LogP contribution in [-0.2, 0) is 0 Å². The lowest BCUT2D eigenvalue weighted by molar-refractivity contribution is 0.272. The molecule has 14 heavy (non-hydrogen) atoms. The van der Waals surface area contributed by atoms with E-state index in [9.17, 15) is 0 Å². The molecule has 0 aromatic heterocycles. The van der Waals surface area contributed by atoms with Crippen molar-refractivity contribution in [2.75, 3.05) is 13.7 Å². The quantitative estimate of drug-likeness (QED) is 0.839. The van der Waals surface area contributed by atoms with Crippen LogP contribution in [-0.4, -0.2) is 18.8 Å². The zero-order valence-electron chi connectivity index (χ0n) is 8.67. The molecule has 1 aromatic rings. The van der Waals surface area contributed by atoms with E-state index in [1.165, 1.54) is 0 Å². The number of aryl methyl sites for hydroxylation is 1. The highest BCUT2D eigenvalue weighted by Crippen LogP contribution is 2.34. The molecule has 1 aromatic carbocycles. The number of hydrogen-bond acceptors (Lipinski definition) is 2. The summed E-state index contributed by atoms with van der Waals surface area (Å²) in [6.07, 6.45) is 0. The third kappa shape index (κ3) is 2.02. The van der Waals surface area contributed by atoms with E-state index in [1.807, 2.05) is 26.0 Å². The zero-order chi connectivity index (χ0) is 10.7. The Labute approximate surface area is 89.5 Å². The molecular weight excluding hydrogens is 200 g/mol. The van der Waals surface area contributed by atoms with Gasteiger partial charge >= 0.3 is 0 Å². The summed E-state index contributed by atoms with van der Waals surface area (Å²) in [5.74, 6) is 0.699. The third-order valence-electron chi connectivity index (χ3n) is 2.35. The summed E-state index contributed by atoms with van der Waals surface area (Å²) in [5, 5.41) is 9.71. The van der Waals surface area contributed by atoms with Crippen molar-refractivity contribution in [3.8, 4) is 5.75 Å². The SMILES string of the molecule is COc1ccc(C)c(C(C)CO)c1Cl. The monoisotopic (exact) mass is 214 g/mol. The number of rotatable bonds is 3. The first-order chi connectivity index (χ1) is 6.61. The molecule has 0 aliphatic heterocycles. The number of hydrogen-bond donors (Lipinski definition) is 1. The molecule has 0 saturated carbocycles. The summed E-state index contributed by atoms with van der Waals surface area (Å²) in [4.78, 5) is 0. The minimum Gasteiger partial charge on any atom is -0.495 e. The molecule has 1 N–H and O–H groups in total. The van der Waals surface area contributed by atoms with Gasteiger partial charge in [0.15, 0.2) is 0 Å². The van der Waals surface area contributed by atoms with E-state index in [2.05, 4.69) is 0 Å². The molecule has 0 amide bonds. The van der Waals surface area contributed by atoms with E-state index in [0.29, 0.717) is 10.8 Å². The van der Waals surface area contributed by atoms with Crippen LogP contribution in [0.2, 0.25) is 5.02 Å². The van der Waals surface area contributed by atoms with Crippen LogP contribution in [0.15, 0.2) is 12.1 Å². The molecule has 0 bridgehead atoms. The van der Waals surface area contributed by atoms with Crippen LogP contribution in [0.4, 0.5) is 0 Å². The summed E-state index contributed by atoms with van der Waals surface area (Å²) in [7, 11) is 1.59. The number of halogens is 1.